The van der Waals surface area contributed by atoms with Gasteiger partial charge in [-0.25, -0.2) is 9.37 Å². The molecule has 1 aliphatic rings. The fourth-order valence-corrected chi connectivity index (χ4v) is 3.62. The van der Waals surface area contributed by atoms with Gasteiger partial charge < -0.3 is 14.3 Å². The number of imidazole rings is 1. The van der Waals surface area contributed by atoms with Crippen LogP contribution in [0.1, 0.15) is 46.7 Å². The Morgan fingerprint density at radius 3 is 2.90 bits per heavy atom. The number of amides is 1. The molecule has 0 spiro atoms. The maximum absolute atomic E-state index is 13.1. The number of carbonyl (C=O) groups is 1. The van der Waals surface area contributed by atoms with Crippen molar-refractivity contribution in [3.63, 3.8) is 0 Å². The van der Waals surface area contributed by atoms with Crippen molar-refractivity contribution in [1.82, 2.24) is 14.9 Å². The molecule has 0 bridgehead atoms. The van der Waals surface area contributed by atoms with Gasteiger partial charge in [0.1, 0.15) is 11.6 Å². The summed E-state index contributed by atoms with van der Waals surface area (Å²) in [5, 5.41) is 7.44. The molecule has 7 nitrogen and oxygen atoms in total. The summed E-state index contributed by atoms with van der Waals surface area (Å²) in [7, 11) is 0. The molecule has 2 aromatic heterocycles. The fraction of sp³-hybridized carbons (Fsp3) is 0.318. The van der Waals surface area contributed by atoms with Crippen LogP contribution >= 0.6 is 0 Å². The van der Waals surface area contributed by atoms with Crippen LogP contribution < -0.4 is 10.7 Å². The number of carbonyl (C=O) groups excluding carboxylic acids is 1. The summed E-state index contributed by atoms with van der Waals surface area (Å²) in [5.74, 6) is 0.638. The van der Waals surface area contributed by atoms with Crippen LogP contribution in [0, 0.1) is 12.7 Å². The lowest BCUT2D eigenvalue weighted by atomic mass is 9.93. The summed E-state index contributed by atoms with van der Waals surface area (Å²) in [4.78, 5) is 16.7. The number of hydrogen-bond acceptors (Lipinski definition) is 5. The Bertz CT molecular complexity index is 1040. The Morgan fingerprint density at radius 2 is 2.13 bits per heavy atom. The van der Waals surface area contributed by atoms with Crippen LogP contribution in [0.15, 0.2) is 52.5 Å². The zero-order chi connectivity index (χ0) is 20.9. The van der Waals surface area contributed by atoms with Crippen molar-refractivity contribution in [2.75, 3.05) is 12.0 Å². The third-order valence-corrected chi connectivity index (χ3v) is 5.13. The van der Waals surface area contributed by atoms with Crippen LogP contribution in [0.25, 0.3) is 0 Å². The van der Waals surface area contributed by atoms with E-state index < -0.39 is 0 Å². The number of halogens is 1. The zero-order valence-corrected chi connectivity index (χ0v) is 16.8. The van der Waals surface area contributed by atoms with Gasteiger partial charge in [0.2, 0.25) is 0 Å². The summed E-state index contributed by atoms with van der Waals surface area (Å²) >= 11 is 0. The van der Waals surface area contributed by atoms with Crippen LogP contribution in [0.2, 0.25) is 0 Å². The molecule has 2 heterocycles. The first-order valence-electron chi connectivity index (χ1n) is 10.1. The number of benzene rings is 1. The number of aryl methyl sites for hydroxylation is 2. The lowest BCUT2D eigenvalue weighted by Gasteiger charge is -2.13. The van der Waals surface area contributed by atoms with E-state index in [0.717, 1.165) is 54.8 Å². The molecule has 30 heavy (non-hydrogen) atoms. The summed E-state index contributed by atoms with van der Waals surface area (Å²) in [6.07, 6.45) is 8.65. The van der Waals surface area contributed by atoms with Gasteiger partial charge >= 0.3 is 0 Å². The Labute approximate surface area is 174 Å². The second-order valence-electron chi connectivity index (χ2n) is 7.30. The highest BCUT2D eigenvalue weighted by atomic mass is 19.1. The van der Waals surface area contributed by atoms with Crippen molar-refractivity contribution >= 4 is 17.3 Å². The number of fused-ring (bicyclic) bond motifs is 1. The summed E-state index contributed by atoms with van der Waals surface area (Å²) in [6, 6.07) is 6.03. The molecule has 0 unspecified atom stereocenters. The smallest absolute Gasteiger partial charge is 0.287 e. The molecule has 0 aliphatic heterocycles. The van der Waals surface area contributed by atoms with Gasteiger partial charge in [-0.15, -0.1) is 0 Å². The molecule has 4 rings (SSSR count). The second kappa shape index (κ2) is 8.94. The Hall–Kier alpha value is -3.42. The van der Waals surface area contributed by atoms with E-state index in [9.17, 15) is 9.18 Å². The summed E-state index contributed by atoms with van der Waals surface area (Å²) in [6.45, 7) is 3.23. The first-order chi connectivity index (χ1) is 14.6. The van der Waals surface area contributed by atoms with Crippen LogP contribution in [0.3, 0.4) is 0 Å². The average molecular weight is 409 g/mol. The number of nitrogens with one attached hydrogen (secondary N) is 2. The summed E-state index contributed by atoms with van der Waals surface area (Å²) < 4.78 is 21.0. The number of hydrazone groups is 1. The largest absolute Gasteiger partial charge is 0.455 e. The standard InChI is InChI=1S/C22H24FN5O2/c1-15-20-18(27-26-17-8-6-16(23)7-9-17)4-2-5-19(20)30-21(15)22(29)25-10-3-12-28-13-11-24-14-28/h6-9,11,13-14,26H,2-5,10,12H2,1H3,(H,25,29)/b27-18+. The molecule has 0 atom stereocenters. The highest BCUT2D eigenvalue weighted by molar-refractivity contribution is 6.06. The van der Waals surface area contributed by atoms with E-state index >= 15 is 0 Å². The Kier molecular flexibility index (Phi) is 5.92. The van der Waals surface area contributed by atoms with Gasteiger partial charge in [0.15, 0.2) is 5.76 Å². The second-order valence-corrected chi connectivity index (χ2v) is 7.30. The van der Waals surface area contributed by atoms with E-state index in [1.54, 1.807) is 24.7 Å². The molecule has 2 N–H and O–H groups in total. The number of hydrogen-bond donors (Lipinski definition) is 2. The predicted molar refractivity (Wildman–Crippen MR) is 112 cm³/mol. The van der Waals surface area contributed by atoms with E-state index in [1.807, 2.05) is 17.7 Å². The number of furan rings is 1. The van der Waals surface area contributed by atoms with Gasteiger partial charge in [0, 0.05) is 43.0 Å². The molecule has 3 aromatic rings. The van der Waals surface area contributed by atoms with Gasteiger partial charge in [0.05, 0.1) is 17.7 Å². The molecule has 0 saturated carbocycles. The van der Waals surface area contributed by atoms with E-state index in [0.29, 0.717) is 18.0 Å². The number of anilines is 1. The molecule has 0 radical (unpaired) electrons. The molecule has 156 valence electrons. The fourth-order valence-electron chi connectivity index (χ4n) is 3.62. The van der Waals surface area contributed by atoms with Crippen molar-refractivity contribution < 1.29 is 13.6 Å². The van der Waals surface area contributed by atoms with Crippen LogP contribution in [-0.2, 0) is 13.0 Å². The molecule has 0 saturated heterocycles. The van der Waals surface area contributed by atoms with Gasteiger partial charge in [-0.3, -0.25) is 10.2 Å². The van der Waals surface area contributed by atoms with Crippen molar-refractivity contribution in [1.29, 1.82) is 0 Å². The number of rotatable bonds is 7. The SMILES string of the molecule is Cc1c(C(=O)NCCCn2ccnc2)oc2c1/C(=N/Nc1ccc(F)cc1)CCC2. The highest BCUT2D eigenvalue weighted by Gasteiger charge is 2.27. The minimum absolute atomic E-state index is 0.210. The van der Waals surface area contributed by atoms with Crippen LogP contribution in [0.4, 0.5) is 10.1 Å². The van der Waals surface area contributed by atoms with Crippen molar-refractivity contribution in [2.24, 2.45) is 5.10 Å². The third-order valence-electron chi connectivity index (χ3n) is 5.13. The Morgan fingerprint density at radius 1 is 1.30 bits per heavy atom. The van der Waals surface area contributed by atoms with Gasteiger partial charge in [-0.1, -0.05) is 0 Å². The molecule has 8 heteroatoms. The first-order valence-corrected chi connectivity index (χ1v) is 10.1. The van der Waals surface area contributed by atoms with E-state index in [-0.39, 0.29) is 11.7 Å². The normalized spacial score (nSPS) is 14.5. The van der Waals surface area contributed by atoms with E-state index in [2.05, 4.69) is 20.8 Å². The minimum atomic E-state index is -0.292. The monoisotopic (exact) mass is 409 g/mol. The van der Waals surface area contributed by atoms with E-state index in [1.165, 1.54) is 12.1 Å². The highest BCUT2D eigenvalue weighted by Crippen LogP contribution is 2.30. The molecule has 1 amide bonds. The third kappa shape index (κ3) is 4.42. The predicted octanol–water partition coefficient (Wildman–Crippen LogP) is 3.90. The van der Waals surface area contributed by atoms with Crippen molar-refractivity contribution in [3.8, 4) is 0 Å². The van der Waals surface area contributed by atoms with Gasteiger partial charge in [-0.05, 0) is 50.5 Å². The number of aromatic nitrogens is 2. The average Bonchev–Trinajstić information content (AvgIpc) is 3.39. The lowest BCUT2D eigenvalue weighted by Crippen LogP contribution is -2.25. The summed E-state index contributed by atoms with van der Waals surface area (Å²) in [5.41, 5.74) is 6.23. The quantitative estimate of drug-likeness (QED) is 0.458. The lowest BCUT2D eigenvalue weighted by molar-refractivity contribution is 0.0922. The number of nitrogens with zero attached hydrogens (tertiary/aromatic N) is 3. The van der Waals surface area contributed by atoms with Gasteiger partial charge in [-0.2, -0.15) is 5.10 Å². The minimum Gasteiger partial charge on any atom is -0.455 e. The zero-order valence-electron chi connectivity index (χ0n) is 16.8. The molecular formula is C22H24FN5O2. The Balaban J connectivity index is 1.43. The maximum atomic E-state index is 13.1. The molecule has 0 fully saturated rings. The van der Waals surface area contributed by atoms with Crippen molar-refractivity contribution in [2.45, 2.75) is 39.2 Å². The van der Waals surface area contributed by atoms with Gasteiger partial charge in [0.25, 0.3) is 5.91 Å². The topological polar surface area (TPSA) is 84.5 Å². The van der Waals surface area contributed by atoms with Crippen LogP contribution in [-0.4, -0.2) is 27.7 Å². The van der Waals surface area contributed by atoms with E-state index in [4.69, 9.17) is 4.42 Å². The molecule has 1 aromatic carbocycles. The van der Waals surface area contributed by atoms with Crippen LogP contribution in [0.5, 0.6) is 0 Å². The maximum Gasteiger partial charge on any atom is 0.287 e. The molecule has 1 aliphatic carbocycles. The molecular weight excluding hydrogens is 385 g/mol. The first kappa shape index (κ1) is 19.9. The van der Waals surface area contributed by atoms with Crippen molar-refractivity contribution in [3.05, 3.63) is 71.5 Å².